The molecule has 1 amide bonds. The van der Waals surface area contributed by atoms with E-state index in [1.807, 2.05) is 13.0 Å². The van der Waals surface area contributed by atoms with Gasteiger partial charge in [-0.3, -0.25) is 4.79 Å². The standard InChI is InChI=1S/C18H22ClN5O3/c1-12-8-17(21-14-10-15(26-2)13(19)9-16(14)27-3)22-18(20-12)24-6-4-23(11-25)5-7-24/h8-11H,4-7H2,1-3H3,(H,20,21,22). The van der Waals surface area contributed by atoms with Gasteiger partial charge in [0.15, 0.2) is 0 Å². The lowest BCUT2D eigenvalue weighted by Gasteiger charge is -2.32. The lowest BCUT2D eigenvalue weighted by atomic mass is 10.2. The van der Waals surface area contributed by atoms with E-state index >= 15 is 0 Å². The first kappa shape index (κ1) is 19.0. The van der Waals surface area contributed by atoms with Crippen molar-refractivity contribution in [2.75, 3.05) is 50.6 Å². The number of hydrogen-bond donors (Lipinski definition) is 1. The molecule has 1 aliphatic rings. The molecule has 8 nitrogen and oxygen atoms in total. The highest BCUT2D eigenvalue weighted by atomic mass is 35.5. The van der Waals surface area contributed by atoms with Gasteiger partial charge in [-0.1, -0.05) is 11.6 Å². The van der Waals surface area contributed by atoms with Gasteiger partial charge in [-0.15, -0.1) is 0 Å². The minimum absolute atomic E-state index is 0.465. The first-order valence-corrected chi connectivity index (χ1v) is 8.90. The van der Waals surface area contributed by atoms with Crippen molar-refractivity contribution in [2.24, 2.45) is 0 Å². The Kier molecular flexibility index (Phi) is 5.85. The van der Waals surface area contributed by atoms with Gasteiger partial charge in [0.2, 0.25) is 12.4 Å². The van der Waals surface area contributed by atoms with E-state index in [0.29, 0.717) is 60.2 Å². The van der Waals surface area contributed by atoms with Crippen LogP contribution in [0.1, 0.15) is 5.69 Å². The van der Waals surface area contributed by atoms with Crippen molar-refractivity contribution in [2.45, 2.75) is 6.92 Å². The van der Waals surface area contributed by atoms with Crippen molar-refractivity contribution in [3.63, 3.8) is 0 Å². The summed E-state index contributed by atoms with van der Waals surface area (Å²) in [4.78, 5) is 23.9. The minimum atomic E-state index is 0.465. The largest absolute Gasteiger partial charge is 0.495 e. The summed E-state index contributed by atoms with van der Waals surface area (Å²) >= 11 is 6.17. The summed E-state index contributed by atoms with van der Waals surface area (Å²) in [5, 5.41) is 3.72. The maximum absolute atomic E-state index is 10.9. The molecule has 3 rings (SSSR count). The molecule has 0 aliphatic carbocycles. The van der Waals surface area contributed by atoms with Crippen LogP contribution in [0.25, 0.3) is 0 Å². The molecule has 2 aromatic rings. The summed E-state index contributed by atoms with van der Waals surface area (Å²) in [7, 11) is 3.13. The molecular weight excluding hydrogens is 370 g/mol. The number of ether oxygens (including phenoxy) is 2. The van der Waals surface area contributed by atoms with Gasteiger partial charge in [-0.05, 0) is 6.92 Å². The number of amides is 1. The summed E-state index contributed by atoms with van der Waals surface area (Å²) in [5.41, 5.74) is 1.52. The number of anilines is 3. The molecule has 144 valence electrons. The number of aryl methyl sites for hydroxylation is 1. The molecule has 1 N–H and O–H groups in total. The maximum atomic E-state index is 10.9. The summed E-state index contributed by atoms with van der Waals surface area (Å²) in [6.07, 6.45) is 0.877. The van der Waals surface area contributed by atoms with E-state index in [9.17, 15) is 4.79 Å². The van der Waals surface area contributed by atoms with E-state index < -0.39 is 0 Å². The Morgan fingerprint density at radius 3 is 2.41 bits per heavy atom. The van der Waals surface area contributed by atoms with Crippen LogP contribution in [0.2, 0.25) is 5.02 Å². The highest BCUT2D eigenvalue weighted by molar-refractivity contribution is 6.32. The van der Waals surface area contributed by atoms with Crippen molar-refractivity contribution >= 4 is 35.5 Å². The van der Waals surface area contributed by atoms with Crippen molar-refractivity contribution < 1.29 is 14.3 Å². The van der Waals surface area contributed by atoms with Gasteiger partial charge in [-0.25, -0.2) is 4.98 Å². The number of benzene rings is 1. The van der Waals surface area contributed by atoms with Gasteiger partial charge >= 0.3 is 0 Å². The lowest BCUT2D eigenvalue weighted by Crippen LogP contribution is -2.46. The molecule has 1 aromatic carbocycles. The Morgan fingerprint density at radius 2 is 1.78 bits per heavy atom. The van der Waals surface area contributed by atoms with Crippen molar-refractivity contribution in [3.8, 4) is 11.5 Å². The quantitative estimate of drug-likeness (QED) is 0.757. The third-order valence-electron chi connectivity index (χ3n) is 4.33. The summed E-state index contributed by atoms with van der Waals surface area (Å²) < 4.78 is 10.7. The fourth-order valence-electron chi connectivity index (χ4n) is 2.88. The van der Waals surface area contributed by atoms with Gasteiger partial charge in [-0.2, -0.15) is 4.98 Å². The summed E-state index contributed by atoms with van der Waals surface area (Å²) in [6, 6.07) is 5.31. The van der Waals surface area contributed by atoms with E-state index in [1.54, 1.807) is 31.3 Å². The smallest absolute Gasteiger partial charge is 0.227 e. The number of carbonyl (C=O) groups excluding carboxylic acids is 1. The molecular formula is C18H22ClN5O3. The fourth-order valence-corrected chi connectivity index (χ4v) is 3.11. The fraction of sp³-hybridized carbons (Fsp3) is 0.389. The Hall–Kier alpha value is -2.74. The third-order valence-corrected chi connectivity index (χ3v) is 4.62. The van der Waals surface area contributed by atoms with Gasteiger partial charge in [0, 0.05) is 50.1 Å². The zero-order valence-corrected chi connectivity index (χ0v) is 16.3. The topological polar surface area (TPSA) is 79.8 Å². The molecule has 0 bridgehead atoms. The Labute approximate surface area is 163 Å². The van der Waals surface area contributed by atoms with E-state index in [4.69, 9.17) is 21.1 Å². The van der Waals surface area contributed by atoms with E-state index in [1.165, 1.54) is 0 Å². The number of methoxy groups -OCH3 is 2. The zero-order valence-electron chi connectivity index (χ0n) is 15.5. The van der Waals surface area contributed by atoms with Crippen molar-refractivity contribution in [1.29, 1.82) is 0 Å². The molecule has 0 atom stereocenters. The lowest BCUT2D eigenvalue weighted by molar-refractivity contribution is -0.118. The van der Waals surface area contributed by atoms with Crippen LogP contribution < -0.4 is 19.7 Å². The summed E-state index contributed by atoms with van der Waals surface area (Å²) in [6.45, 7) is 4.62. The normalized spacial score (nSPS) is 14.1. The molecule has 2 heterocycles. The van der Waals surface area contributed by atoms with Gasteiger partial charge in [0.05, 0.1) is 24.9 Å². The van der Waals surface area contributed by atoms with Gasteiger partial charge in [0.25, 0.3) is 0 Å². The Balaban J connectivity index is 1.86. The SMILES string of the molecule is COc1cc(Nc2cc(C)nc(N3CCN(C=O)CC3)n2)c(OC)cc1Cl. The van der Waals surface area contributed by atoms with Crippen molar-refractivity contribution in [1.82, 2.24) is 14.9 Å². The average Bonchev–Trinajstić information content (AvgIpc) is 2.68. The second-order valence-electron chi connectivity index (χ2n) is 6.14. The number of piperazine rings is 1. The monoisotopic (exact) mass is 391 g/mol. The first-order valence-electron chi connectivity index (χ1n) is 8.52. The number of halogens is 1. The highest BCUT2D eigenvalue weighted by Gasteiger charge is 2.19. The number of nitrogens with one attached hydrogen (secondary N) is 1. The van der Waals surface area contributed by atoms with Crippen molar-refractivity contribution in [3.05, 3.63) is 28.9 Å². The minimum Gasteiger partial charge on any atom is -0.495 e. The molecule has 0 radical (unpaired) electrons. The molecule has 27 heavy (non-hydrogen) atoms. The van der Waals surface area contributed by atoms with Crippen LogP contribution in [0.5, 0.6) is 11.5 Å². The molecule has 0 spiro atoms. The predicted molar refractivity (Wildman–Crippen MR) is 104 cm³/mol. The highest BCUT2D eigenvalue weighted by Crippen LogP contribution is 2.37. The van der Waals surface area contributed by atoms with E-state index in [2.05, 4.69) is 20.2 Å². The second-order valence-corrected chi connectivity index (χ2v) is 6.54. The predicted octanol–water partition coefficient (Wildman–Crippen LogP) is 2.48. The molecule has 1 saturated heterocycles. The molecule has 0 unspecified atom stereocenters. The van der Waals surface area contributed by atoms with Crippen LogP contribution >= 0.6 is 11.6 Å². The van der Waals surface area contributed by atoms with Crippen LogP contribution in [0, 0.1) is 6.92 Å². The molecule has 0 saturated carbocycles. The number of hydrogen-bond acceptors (Lipinski definition) is 7. The Bertz CT molecular complexity index is 825. The number of carbonyl (C=O) groups is 1. The van der Waals surface area contributed by atoms with Crippen LogP contribution in [-0.2, 0) is 4.79 Å². The Morgan fingerprint density at radius 1 is 1.07 bits per heavy atom. The van der Waals surface area contributed by atoms with Crippen LogP contribution in [0.3, 0.4) is 0 Å². The third kappa shape index (κ3) is 4.33. The molecule has 1 fully saturated rings. The number of aromatic nitrogens is 2. The average molecular weight is 392 g/mol. The van der Waals surface area contributed by atoms with Crippen LogP contribution in [-0.4, -0.2) is 61.7 Å². The van der Waals surface area contributed by atoms with Gasteiger partial charge in [0.1, 0.15) is 17.3 Å². The van der Waals surface area contributed by atoms with Crippen LogP contribution in [0.4, 0.5) is 17.5 Å². The number of rotatable bonds is 6. The first-order chi connectivity index (χ1) is 13.0. The summed E-state index contributed by atoms with van der Waals surface area (Å²) in [5.74, 6) is 2.38. The molecule has 1 aromatic heterocycles. The number of nitrogens with zero attached hydrogens (tertiary/aromatic N) is 4. The van der Waals surface area contributed by atoms with E-state index in [0.717, 1.165) is 12.1 Å². The maximum Gasteiger partial charge on any atom is 0.227 e. The van der Waals surface area contributed by atoms with E-state index in [-0.39, 0.29) is 0 Å². The van der Waals surface area contributed by atoms with Gasteiger partial charge < -0.3 is 24.6 Å². The molecule has 1 aliphatic heterocycles. The second kappa shape index (κ2) is 8.30. The molecule has 9 heteroatoms. The zero-order chi connectivity index (χ0) is 19.4. The van der Waals surface area contributed by atoms with Crippen LogP contribution in [0.15, 0.2) is 18.2 Å².